The fourth-order valence-corrected chi connectivity index (χ4v) is 4.12. The molecule has 0 aliphatic heterocycles. The molecule has 6 heteroatoms. The van der Waals surface area contributed by atoms with Gasteiger partial charge in [0.1, 0.15) is 5.54 Å². The van der Waals surface area contributed by atoms with E-state index in [0.29, 0.717) is 18.2 Å². The summed E-state index contributed by atoms with van der Waals surface area (Å²) in [5, 5.41) is 5.43. The average Bonchev–Trinajstić information content (AvgIpc) is 3.09. The summed E-state index contributed by atoms with van der Waals surface area (Å²) in [4.78, 5) is 17.3. The minimum atomic E-state index is -0.943. The van der Waals surface area contributed by atoms with Crippen LogP contribution in [-0.2, 0) is 16.0 Å². The lowest BCUT2D eigenvalue weighted by Gasteiger charge is -2.57. The van der Waals surface area contributed by atoms with Gasteiger partial charge in [-0.25, -0.2) is 4.98 Å². The number of aryl methyl sites for hydroxylation is 1. The van der Waals surface area contributed by atoms with Crippen molar-refractivity contribution in [3.05, 3.63) is 35.2 Å². The Kier molecular flexibility index (Phi) is 5.19. The van der Waals surface area contributed by atoms with Gasteiger partial charge >= 0.3 is 0 Å². The molecule has 1 aliphatic rings. The zero-order valence-corrected chi connectivity index (χ0v) is 16.7. The van der Waals surface area contributed by atoms with Crippen molar-refractivity contribution in [2.45, 2.75) is 52.2 Å². The van der Waals surface area contributed by atoms with Gasteiger partial charge in [0.05, 0.1) is 11.8 Å². The highest BCUT2D eigenvalue weighted by Crippen LogP contribution is 2.50. The SMILES string of the molecule is CCOC1CC(N)(C(=O)Nc2nc(-c3ccc(CC)cc3)cs2)C1(C)C. The third-order valence-electron chi connectivity index (χ3n) is 5.62. The number of nitrogens with two attached hydrogens (primary N) is 1. The van der Waals surface area contributed by atoms with Gasteiger partial charge in [-0.15, -0.1) is 11.3 Å². The first kappa shape index (κ1) is 19.0. The second-order valence-electron chi connectivity index (χ2n) is 7.38. The lowest BCUT2D eigenvalue weighted by atomic mass is 9.54. The molecule has 5 nitrogen and oxygen atoms in total. The highest BCUT2D eigenvalue weighted by molar-refractivity contribution is 7.14. The highest BCUT2D eigenvalue weighted by atomic mass is 32.1. The number of thiazole rings is 1. The van der Waals surface area contributed by atoms with E-state index in [2.05, 4.69) is 41.5 Å². The number of nitrogens with one attached hydrogen (secondary N) is 1. The van der Waals surface area contributed by atoms with E-state index in [1.807, 2.05) is 26.2 Å². The van der Waals surface area contributed by atoms with Crippen LogP contribution in [-0.4, -0.2) is 29.1 Å². The molecular formula is C20H27N3O2S. The van der Waals surface area contributed by atoms with E-state index >= 15 is 0 Å². The van der Waals surface area contributed by atoms with Crippen molar-refractivity contribution in [3.8, 4) is 11.3 Å². The van der Waals surface area contributed by atoms with Gasteiger partial charge in [-0.2, -0.15) is 0 Å². The molecule has 2 atom stereocenters. The van der Waals surface area contributed by atoms with E-state index in [-0.39, 0.29) is 12.0 Å². The highest BCUT2D eigenvalue weighted by Gasteiger charge is 2.63. The van der Waals surface area contributed by atoms with Crippen LogP contribution in [0.25, 0.3) is 11.3 Å². The molecule has 0 bridgehead atoms. The predicted octanol–water partition coefficient (Wildman–Crippen LogP) is 3.84. The summed E-state index contributed by atoms with van der Waals surface area (Å²) in [6.45, 7) is 8.68. The van der Waals surface area contributed by atoms with Crippen LogP contribution in [0.2, 0.25) is 0 Å². The summed E-state index contributed by atoms with van der Waals surface area (Å²) in [6.07, 6.45) is 1.54. The molecule has 0 radical (unpaired) electrons. The van der Waals surface area contributed by atoms with Gasteiger partial charge in [0, 0.05) is 29.4 Å². The number of ether oxygens (including phenoxy) is 1. The van der Waals surface area contributed by atoms with Crippen molar-refractivity contribution < 1.29 is 9.53 Å². The van der Waals surface area contributed by atoms with Gasteiger partial charge in [0.2, 0.25) is 5.91 Å². The lowest BCUT2D eigenvalue weighted by molar-refractivity contribution is -0.166. The maximum atomic E-state index is 12.8. The Morgan fingerprint density at radius 3 is 2.62 bits per heavy atom. The van der Waals surface area contributed by atoms with Crippen LogP contribution in [0.4, 0.5) is 5.13 Å². The Morgan fingerprint density at radius 1 is 1.35 bits per heavy atom. The molecule has 26 heavy (non-hydrogen) atoms. The minimum Gasteiger partial charge on any atom is -0.378 e. The van der Waals surface area contributed by atoms with Crippen LogP contribution < -0.4 is 11.1 Å². The summed E-state index contributed by atoms with van der Waals surface area (Å²) < 4.78 is 5.70. The Labute approximate surface area is 159 Å². The maximum absolute atomic E-state index is 12.8. The number of rotatable bonds is 6. The Balaban J connectivity index is 1.70. The zero-order valence-electron chi connectivity index (χ0n) is 15.8. The standard InChI is InChI=1S/C20H27N3O2S/c1-5-13-7-9-14(10-8-13)15-12-26-18(22-15)23-17(24)20(21)11-16(25-6-2)19(20,3)4/h7-10,12,16H,5-6,11,21H2,1-4H3,(H,22,23,24). The first-order chi connectivity index (χ1) is 12.3. The number of hydrogen-bond acceptors (Lipinski definition) is 5. The summed E-state index contributed by atoms with van der Waals surface area (Å²) in [5.74, 6) is -0.194. The number of anilines is 1. The number of aromatic nitrogens is 1. The summed E-state index contributed by atoms with van der Waals surface area (Å²) in [6, 6.07) is 8.33. The summed E-state index contributed by atoms with van der Waals surface area (Å²) >= 11 is 1.41. The van der Waals surface area contributed by atoms with Gasteiger partial charge in [0.25, 0.3) is 0 Å². The van der Waals surface area contributed by atoms with E-state index < -0.39 is 11.0 Å². The summed E-state index contributed by atoms with van der Waals surface area (Å²) in [5.41, 5.74) is 8.26. The molecule has 1 aromatic heterocycles. The molecule has 1 heterocycles. The Bertz CT molecular complexity index is 785. The molecule has 1 saturated carbocycles. The monoisotopic (exact) mass is 373 g/mol. The van der Waals surface area contributed by atoms with Crippen molar-refractivity contribution >= 4 is 22.4 Å². The summed E-state index contributed by atoms with van der Waals surface area (Å²) in [7, 11) is 0. The Morgan fingerprint density at radius 2 is 2.04 bits per heavy atom. The van der Waals surface area contributed by atoms with Crippen LogP contribution in [0, 0.1) is 5.41 Å². The van der Waals surface area contributed by atoms with Gasteiger partial charge in [-0.1, -0.05) is 45.0 Å². The molecule has 0 saturated heterocycles. The van der Waals surface area contributed by atoms with Crippen LogP contribution in [0.1, 0.15) is 39.7 Å². The number of carbonyl (C=O) groups excluding carboxylic acids is 1. The van der Waals surface area contributed by atoms with E-state index in [9.17, 15) is 4.79 Å². The Hall–Kier alpha value is -1.76. The maximum Gasteiger partial charge on any atom is 0.246 e. The molecule has 2 unspecified atom stereocenters. The number of hydrogen-bond donors (Lipinski definition) is 2. The molecule has 3 rings (SSSR count). The number of nitrogens with zero attached hydrogens (tertiary/aromatic N) is 1. The first-order valence-electron chi connectivity index (χ1n) is 9.08. The zero-order chi connectivity index (χ0) is 18.9. The number of amides is 1. The largest absolute Gasteiger partial charge is 0.378 e. The van der Waals surface area contributed by atoms with E-state index in [1.165, 1.54) is 16.9 Å². The average molecular weight is 374 g/mol. The molecule has 1 aromatic carbocycles. The van der Waals surface area contributed by atoms with E-state index in [4.69, 9.17) is 10.5 Å². The van der Waals surface area contributed by atoms with Gasteiger partial charge in [0.15, 0.2) is 5.13 Å². The molecule has 3 N–H and O–H groups in total. The second kappa shape index (κ2) is 7.10. The second-order valence-corrected chi connectivity index (χ2v) is 8.24. The van der Waals surface area contributed by atoms with Crippen molar-refractivity contribution in [3.63, 3.8) is 0 Å². The van der Waals surface area contributed by atoms with Crippen LogP contribution in [0.3, 0.4) is 0 Å². The molecule has 140 valence electrons. The van der Waals surface area contributed by atoms with Crippen molar-refractivity contribution in [2.75, 3.05) is 11.9 Å². The van der Waals surface area contributed by atoms with Gasteiger partial charge < -0.3 is 15.8 Å². The quantitative estimate of drug-likeness (QED) is 0.806. The molecule has 1 amide bonds. The van der Waals surface area contributed by atoms with Crippen LogP contribution in [0.5, 0.6) is 0 Å². The topological polar surface area (TPSA) is 77.2 Å². The van der Waals surface area contributed by atoms with Crippen molar-refractivity contribution in [2.24, 2.45) is 11.1 Å². The lowest BCUT2D eigenvalue weighted by Crippen LogP contribution is -2.74. The smallest absolute Gasteiger partial charge is 0.246 e. The fraction of sp³-hybridized carbons (Fsp3) is 0.500. The minimum absolute atomic E-state index is 0.00665. The molecule has 0 spiro atoms. The fourth-order valence-electron chi connectivity index (χ4n) is 3.40. The van der Waals surface area contributed by atoms with Crippen molar-refractivity contribution in [1.82, 2.24) is 4.98 Å². The molecular weight excluding hydrogens is 346 g/mol. The van der Waals surface area contributed by atoms with E-state index in [0.717, 1.165) is 17.7 Å². The van der Waals surface area contributed by atoms with Gasteiger partial charge in [-0.3, -0.25) is 4.79 Å². The van der Waals surface area contributed by atoms with Crippen molar-refractivity contribution in [1.29, 1.82) is 0 Å². The molecule has 1 aliphatic carbocycles. The van der Waals surface area contributed by atoms with E-state index in [1.54, 1.807) is 0 Å². The number of carbonyl (C=O) groups is 1. The molecule has 1 fully saturated rings. The third kappa shape index (κ3) is 3.17. The van der Waals surface area contributed by atoms with Crippen LogP contribution >= 0.6 is 11.3 Å². The van der Waals surface area contributed by atoms with Gasteiger partial charge in [-0.05, 0) is 18.9 Å². The molecule has 2 aromatic rings. The van der Waals surface area contributed by atoms with Crippen LogP contribution in [0.15, 0.2) is 29.6 Å². The normalized spacial score (nSPS) is 24.1. The third-order valence-corrected chi connectivity index (χ3v) is 6.38. The predicted molar refractivity (Wildman–Crippen MR) is 106 cm³/mol. The number of benzene rings is 1. The first-order valence-corrected chi connectivity index (χ1v) is 9.96.